The Hall–Kier alpha value is -1.17. The molecule has 0 saturated heterocycles. The summed E-state index contributed by atoms with van der Waals surface area (Å²) < 4.78 is 26.0. The van der Waals surface area contributed by atoms with Gasteiger partial charge in [-0.05, 0) is 19.1 Å². The smallest absolute Gasteiger partial charge is 0.267 e. The summed E-state index contributed by atoms with van der Waals surface area (Å²) in [5.74, 6) is -0.312. The van der Waals surface area contributed by atoms with Gasteiger partial charge < -0.3 is 10.6 Å². The molecule has 86 valence electrons. The maximum Gasteiger partial charge on any atom is 0.267 e. The third kappa shape index (κ3) is 1.77. The zero-order valence-electron chi connectivity index (χ0n) is 8.35. The van der Waals surface area contributed by atoms with Crippen LogP contribution in [0.3, 0.4) is 0 Å². The Morgan fingerprint density at radius 2 is 2.12 bits per heavy atom. The highest BCUT2D eigenvalue weighted by Crippen LogP contribution is 2.40. The first-order valence-electron chi connectivity index (χ1n) is 4.68. The number of alkyl halides is 2. The Bertz CT molecular complexity index is 451. The van der Waals surface area contributed by atoms with Crippen LogP contribution in [0.25, 0.3) is 0 Å². The van der Waals surface area contributed by atoms with Gasteiger partial charge in [0.25, 0.3) is 6.43 Å². The number of nitrogens with one attached hydrogen (secondary N) is 2. The van der Waals surface area contributed by atoms with Crippen molar-refractivity contribution in [3.8, 4) is 0 Å². The van der Waals surface area contributed by atoms with E-state index in [1.807, 2.05) is 0 Å². The van der Waals surface area contributed by atoms with Crippen LogP contribution in [0.2, 0.25) is 0 Å². The van der Waals surface area contributed by atoms with Crippen molar-refractivity contribution in [2.24, 2.45) is 0 Å². The van der Waals surface area contributed by atoms with E-state index in [9.17, 15) is 13.6 Å². The predicted octanol–water partition coefficient (Wildman–Crippen LogP) is 3.14. The molecule has 0 saturated carbocycles. The average Bonchev–Trinajstić information content (AvgIpc) is 2.20. The summed E-state index contributed by atoms with van der Waals surface area (Å²) in [6.07, 6.45) is -2.64. The summed E-state index contributed by atoms with van der Waals surface area (Å²) in [4.78, 5) is 11.4. The number of carbonyl (C=O) groups is 1. The van der Waals surface area contributed by atoms with Crippen molar-refractivity contribution in [3.05, 3.63) is 22.2 Å². The Morgan fingerprint density at radius 1 is 1.44 bits per heavy atom. The van der Waals surface area contributed by atoms with Gasteiger partial charge in [0.1, 0.15) is 6.04 Å². The molecular formula is C10H9BrF2N2O. The van der Waals surface area contributed by atoms with Crippen LogP contribution in [0.15, 0.2) is 16.6 Å². The molecule has 2 rings (SSSR count). The maximum absolute atomic E-state index is 12.8. The molecule has 1 aromatic carbocycles. The van der Waals surface area contributed by atoms with Gasteiger partial charge in [0.15, 0.2) is 0 Å². The number of rotatable bonds is 1. The van der Waals surface area contributed by atoms with Crippen LogP contribution >= 0.6 is 15.9 Å². The number of fused-ring (bicyclic) bond motifs is 1. The van der Waals surface area contributed by atoms with E-state index < -0.39 is 12.5 Å². The molecule has 16 heavy (non-hydrogen) atoms. The van der Waals surface area contributed by atoms with E-state index in [4.69, 9.17) is 0 Å². The molecule has 0 aliphatic carbocycles. The first kappa shape index (κ1) is 11.3. The largest absolute Gasteiger partial charge is 0.372 e. The summed E-state index contributed by atoms with van der Waals surface area (Å²) >= 11 is 3.05. The lowest BCUT2D eigenvalue weighted by Gasteiger charge is -2.26. The maximum atomic E-state index is 12.8. The van der Waals surface area contributed by atoms with Crippen molar-refractivity contribution in [2.75, 3.05) is 10.6 Å². The predicted molar refractivity (Wildman–Crippen MR) is 60.8 cm³/mol. The van der Waals surface area contributed by atoms with E-state index in [0.717, 1.165) is 0 Å². The Labute approximate surface area is 99.3 Å². The molecule has 1 aliphatic heterocycles. The number of amides is 1. The van der Waals surface area contributed by atoms with Crippen molar-refractivity contribution < 1.29 is 13.6 Å². The summed E-state index contributed by atoms with van der Waals surface area (Å²) in [6.45, 7) is 1.67. The minimum Gasteiger partial charge on any atom is -0.372 e. The highest BCUT2D eigenvalue weighted by molar-refractivity contribution is 9.10. The molecule has 1 heterocycles. The van der Waals surface area contributed by atoms with E-state index in [-0.39, 0.29) is 21.6 Å². The molecule has 1 unspecified atom stereocenters. The van der Waals surface area contributed by atoms with Crippen LogP contribution < -0.4 is 10.6 Å². The minimum atomic E-state index is -2.64. The van der Waals surface area contributed by atoms with Crippen LogP contribution in [0, 0.1) is 0 Å². The molecule has 1 aromatic rings. The van der Waals surface area contributed by atoms with Crippen molar-refractivity contribution >= 4 is 33.2 Å². The second-order valence-corrected chi connectivity index (χ2v) is 4.39. The number of hydrogen-bond donors (Lipinski definition) is 2. The SMILES string of the molecule is CC1Nc2ccc(Br)c(C(F)F)c2NC1=O. The van der Waals surface area contributed by atoms with Gasteiger partial charge in [-0.3, -0.25) is 4.79 Å². The fraction of sp³-hybridized carbons (Fsp3) is 0.300. The van der Waals surface area contributed by atoms with Crippen molar-refractivity contribution in [3.63, 3.8) is 0 Å². The summed E-state index contributed by atoms with van der Waals surface area (Å²) in [5.41, 5.74) is 0.489. The quantitative estimate of drug-likeness (QED) is 0.834. The van der Waals surface area contributed by atoms with Gasteiger partial charge in [0.2, 0.25) is 5.91 Å². The molecule has 0 aromatic heterocycles. The van der Waals surface area contributed by atoms with Crippen molar-refractivity contribution in [1.29, 1.82) is 0 Å². The molecule has 0 bridgehead atoms. The monoisotopic (exact) mass is 290 g/mol. The molecule has 0 spiro atoms. The van der Waals surface area contributed by atoms with E-state index in [2.05, 4.69) is 26.6 Å². The molecule has 1 aliphatic rings. The molecule has 3 nitrogen and oxygen atoms in total. The summed E-state index contributed by atoms with van der Waals surface area (Å²) in [6, 6.07) is 2.78. The summed E-state index contributed by atoms with van der Waals surface area (Å²) in [7, 11) is 0. The van der Waals surface area contributed by atoms with Crippen molar-refractivity contribution in [2.45, 2.75) is 19.4 Å². The van der Waals surface area contributed by atoms with Crippen molar-refractivity contribution in [1.82, 2.24) is 0 Å². The standard InChI is InChI=1S/C10H9BrF2N2O/c1-4-10(16)15-8-6(14-4)3-2-5(11)7(8)9(12)13/h2-4,9,14H,1H3,(H,15,16). The van der Waals surface area contributed by atoms with E-state index >= 15 is 0 Å². The second kappa shape index (κ2) is 4.01. The van der Waals surface area contributed by atoms with Crippen LogP contribution in [0.4, 0.5) is 20.2 Å². The van der Waals surface area contributed by atoms with E-state index in [0.29, 0.717) is 5.69 Å². The van der Waals surface area contributed by atoms with Crippen LogP contribution in [-0.2, 0) is 4.79 Å². The van der Waals surface area contributed by atoms with E-state index in [1.165, 1.54) is 6.07 Å². The minimum absolute atomic E-state index is 0.160. The Kier molecular flexibility index (Phi) is 2.84. The van der Waals surface area contributed by atoms with Gasteiger partial charge in [-0.1, -0.05) is 15.9 Å². The number of halogens is 3. The summed E-state index contributed by atoms with van der Waals surface area (Å²) in [5, 5.41) is 5.35. The lowest BCUT2D eigenvalue weighted by Crippen LogP contribution is -2.36. The lowest BCUT2D eigenvalue weighted by molar-refractivity contribution is -0.116. The number of carbonyl (C=O) groups excluding carboxylic acids is 1. The average molecular weight is 291 g/mol. The van der Waals surface area contributed by atoms with Gasteiger partial charge in [-0.25, -0.2) is 8.78 Å². The first-order chi connectivity index (χ1) is 7.50. The zero-order valence-corrected chi connectivity index (χ0v) is 9.94. The number of anilines is 2. The third-order valence-electron chi connectivity index (χ3n) is 2.42. The highest BCUT2D eigenvalue weighted by Gasteiger charge is 2.27. The topological polar surface area (TPSA) is 41.1 Å². The van der Waals surface area contributed by atoms with Gasteiger partial charge in [0.05, 0.1) is 16.9 Å². The van der Waals surface area contributed by atoms with Gasteiger partial charge in [-0.2, -0.15) is 0 Å². The molecule has 2 N–H and O–H groups in total. The number of hydrogen-bond acceptors (Lipinski definition) is 2. The van der Waals surface area contributed by atoms with Gasteiger partial charge in [-0.15, -0.1) is 0 Å². The molecule has 1 atom stereocenters. The van der Waals surface area contributed by atoms with Gasteiger partial charge >= 0.3 is 0 Å². The lowest BCUT2D eigenvalue weighted by atomic mass is 10.1. The zero-order chi connectivity index (χ0) is 11.9. The molecule has 0 radical (unpaired) electrons. The van der Waals surface area contributed by atoms with Crippen LogP contribution in [0.5, 0.6) is 0 Å². The highest BCUT2D eigenvalue weighted by atomic mass is 79.9. The fourth-order valence-electron chi connectivity index (χ4n) is 1.59. The Balaban J connectivity index is 2.56. The van der Waals surface area contributed by atoms with Crippen LogP contribution in [-0.4, -0.2) is 11.9 Å². The normalized spacial score (nSPS) is 19.1. The molecule has 1 amide bonds. The second-order valence-electron chi connectivity index (χ2n) is 3.54. The first-order valence-corrected chi connectivity index (χ1v) is 5.48. The fourth-order valence-corrected chi connectivity index (χ4v) is 2.10. The molecule has 0 fully saturated rings. The number of benzene rings is 1. The molecular weight excluding hydrogens is 282 g/mol. The van der Waals surface area contributed by atoms with Crippen LogP contribution in [0.1, 0.15) is 18.9 Å². The Morgan fingerprint density at radius 3 is 2.75 bits per heavy atom. The third-order valence-corrected chi connectivity index (χ3v) is 3.12. The molecule has 6 heteroatoms. The van der Waals surface area contributed by atoms with Gasteiger partial charge in [0, 0.05) is 4.47 Å². The van der Waals surface area contributed by atoms with E-state index in [1.54, 1.807) is 13.0 Å².